The van der Waals surface area contributed by atoms with Gasteiger partial charge in [-0.2, -0.15) is 5.26 Å². The summed E-state index contributed by atoms with van der Waals surface area (Å²) in [5.41, 5.74) is 5.79. The van der Waals surface area contributed by atoms with Crippen LogP contribution in [0.4, 0.5) is 10.1 Å². The molecule has 0 amide bonds. The Balaban J connectivity index is 2.29. The zero-order valence-electron chi connectivity index (χ0n) is 14.6. The average Bonchev–Trinajstić information content (AvgIpc) is 3.03. The number of ether oxygens (including phenoxy) is 1. The summed E-state index contributed by atoms with van der Waals surface area (Å²) in [5.74, 6) is -2.13. The van der Waals surface area contributed by atoms with Crippen LogP contribution in [0.15, 0.2) is 48.7 Å². The van der Waals surface area contributed by atoms with Gasteiger partial charge in [0, 0.05) is 16.8 Å². The van der Waals surface area contributed by atoms with Crippen molar-refractivity contribution in [3.05, 3.63) is 81.9 Å². The lowest BCUT2D eigenvalue weighted by Crippen LogP contribution is -2.14. The topological polar surface area (TPSA) is 98.1 Å². The highest BCUT2D eigenvalue weighted by molar-refractivity contribution is 6.31. The minimum Gasteiger partial charge on any atom is -0.464 e. The van der Waals surface area contributed by atoms with Crippen LogP contribution in [-0.2, 0) is 4.74 Å². The van der Waals surface area contributed by atoms with Crippen LogP contribution >= 0.6 is 11.6 Å². The third kappa shape index (κ3) is 3.21. The van der Waals surface area contributed by atoms with E-state index in [0.717, 1.165) is 0 Å². The summed E-state index contributed by atoms with van der Waals surface area (Å²) < 4.78 is 20.2. The molecule has 0 radical (unpaired) electrons. The smallest absolute Gasteiger partial charge is 0.357 e. The van der Waals surface area contributed by atoms with E-state index in [4.69, 9.17) is 22.1 Å². The first-order chi connectivity index (χ1) is 13.4. The van der Waals surface area contributed by atoms with Gasteiger partial charge in [-0.15, -0.1) is 0 Å². The number of nitrogens with zero attached hydrogens (tertiary/aromatic N) is 2. The fraction of sp³-hybridized carbons (Fsp3) is 0.0500. The number of ketones is 1. The van der Waals surface area contributed by atoms with Gasteiger partial charge in [-0.3, -0.25) is 4.79 Å². The van der Waals surface area contributed by atoms with Gasteiger partial charge in [0.25, 0.3) is 0 Å². The van der Waals surface area contributed by atoms with Crippen molar-refractivity contribution in [2.24, 2.45) is 0 Å². The lowest BCUT2D eigenvalue weighted by atomic mass is 10.0. The van der Waals surface area contributed by atoms with E-state index in [1.54, 1.807) is 0 Å². The molecule has 2 N–H and O–H groups in total. The monoisotopic (exact) mass is 397 g/mol. The van der Waals surface area contributed by atoms with Crippen LogP contribution < -0.4 is 5.73 Å². The second kappa shape index (κ2) is 7.55. The Bertz CT molecular complexity index is 1150. The molecule has 1 heterocycles. The summed E-state index contributed by atoms with van der Waals surface area (Å²) in [6, 6.07) is 11.7. The van der Waals surface area contributed by atoms with Crippen LogP contribution in [0.25, 0.3) is 5.69 Å². The Labute approximate surface area is 164 Å². The number of nitrogens with two attached hydrogens (primary N) is 1. The Hall–Kier alpha value is -3.63. The molecule has 0 aliphatic heterocycles. The third-order valence-electron chi connectivity index (χ3n) is 4.12. The van der Waals surface area contributed by atoms with E-state index in [0.29, 0.717) is 0 Å². The van der Waals surface area contributed by atoms with Gasteiger partial charge in [-0.25, -0.2) is 9.18 Å². The van der Waals surface area contributed by atoms with Gasteiger partial charge < -0.3 is 15.0 Å². The molecule has 8 heteroatoms. The first kappa shape index (κ1) is 19.1. The number of carbonyl (C=O) groups excluding carboxylic acids is 2. The van der Waals surface area contributed by atoms with Crippen molar-refractivity contribution in [2.75, 3.05) is 12.8 Å². The van der Waals surface area contributed by atoms with Gasteiger partial charge in [0.1, 0.15) is 11.9 Å². The van der Waals surface area contributed by atoms with Crippen molar-refractivity contribution in [3.8, 4) is 11.8 Å². The molecule has 0 aliphatic carbocycles. The highest BCUT2D eigenvalue weighted by Crippen LogP contribution is 2.29. The zero-order chi connectivity index (χ0) is 20.4. The summed E-state index contributed by atoms with van der Waals surface area (Å²) in [6.07, 6.45) is 1.31. The minimum atomic E-state index is -0.793. The maximum absolute atomic E-state index is 14.1. The second-order valence-electron chi connectivity index (χ2n) is 5.75. The van der Waals surface area contributed by atoms with Crippen molar-refractivity contribution in [2.45, 2.75) is 0 Å². The minimum absolute atomic E-state index is 0.0274. The number of hydrogen-bond acceptors (Lipinski definition) is 5. The van der Waals surface area contributed by atoms with E-state index in [1.807, 2.05) is 6.07 Å². The number of nitriles is 1. The number of halogens is 2. The van der Waals surface area contributed by atoms with Gasteiger partial charge >= 0.3 is 5.97 Å². The molecule has 0 unspecified atom stereocenters. The van der Waals surface area contributed by atoms with Crippen molar-refractivity contribution in [3.63, 3.8) is 0 Å². The van der Waals surface area contributed by atoms with Crippen molar-refractivity contribution < 1.29 is 18.7 Å². The van der Waals surface area contributed by atoms with E-state index < -0.39 is 17.6 Å². The van der Waals surface area contributed by atoms with E-state index in [9.17, 15) is 19.2 Å². The van der Waals surface area contributed by atoms with E-state index >= 15 is 0 Å². The third-order valence-corrected chi connectivity index (χ3v) is 4.36. The molecule has 0 saturated carbocycles. The summed E-state index contributed by atoms with van der Waals surface area (Å²) in [6.45, 7) is 0. The largest absolute Gasteiger partial charge is 0.464 e. The van der Waals surface area contributed by atoms with Crippen LogP contribution in [0, 0.1) is 17.1 Å². The number of benzene rings is 2. The first-order valence-electron chi connectivity index (χ1n) is 7.97. The second-order valence-corrected chi connectivity index (χ2v) is 6.19. The molecule has 1 aromatic heterocycles. The van der Waals surface area contributed by atoms with E-state index in [2.05, 4.69) is 0 Å². The van der Waals surface area contributed by atoms with Gasteiger partial charge in [-0.1, -0.05) is 23.7 Å². The normalized spacial score (nSPS) is 10.4. The first-order valence-corrected chi connectivity index (χ1v) is 8.35. The van der Waals surface area contributed by atoms with Gasteiger partial charge in [0.15, 0.2) is 11.5 Å². The summed E-state index contributed by atoms with van der Waals surface area (Å²) in [4.78, 5) is 25.2. The van der Waals surface area contributed by atoms with Gasteiger partial charge in [0.05, 0.1) is 29.6 Å². The predicted octanol–water partition coefficient (Wildman–Crippen LogP) is 3.74. The molecule has 6 nitrogen and oxygen atoms in total. The molecule has 0 fully saturated rings. The molecule has 28 heavy (non-hydrogen) atoms. The molecule has 0 saturated heterocycles. The zero-order valence-corrected chi connectivity index (χ0v) is 15.3. The quantitative estimate of drug-likeness (QED) is 0.534. The maximum atomic E-state index is 14.1. The number of nitrogen functional groups attached to an aromatic ring is 1. The number of methoxy groups -OCH3 is 1. The van der Waals surface area contributed by atoms with Gasteiger partial charge in [0.2, 0.25) is 0 Å². The predicted molar refractivity (Wildman–Crippen MR) is 101 cm³/mol. The molecular weight excluding hydrogens is 385 g/mol. The molecule has 0 aliphatic rings. The van der Waals surface area contributed by atoms with Crippen LogP contribution in [-0.4, -0.2) is 23.4 Å². The fourth-order valence-corrected chi connectivity index (χ4v) is 2.97. The fourth-order valence-electron chi connectivity index (χ4n) is 2.80. The van der Waals surface area contributed by atoms with E-state index in [-0.39, 0.29) is 38.8 Å². The molecule has 0 atom stereocenters. The van der Waals surface area contributed by atoms with Crippen LogP contribution in [0.1, 0.15) is 32.0 Å². The van der Waals surface area contributed by atoms with Crippen LogP contribution in [0.5, 0.6) is 0 Å². The number of rotatable bonds is 4. The molecule has 2 aromatic carbocycles. The number of esters is 1. The average molecular weight is 398 g/mol. The van der Waals surface area contributed by atoms with E-state index in [1.165, 1.54) is 60.3 Å². The molecule has 0 bridgehead atoms. The Morgan fingerprint density at radius 3 is 2.57 bits per heavy atom. The number of carbonyl (C=O) groups is 2. The summed E-state index contributed by atoms with van der Waals surface area (Å²) in [7, 11) is 1.17. The lowest BCUT2D eigenvalue weighted by Gasteiger charge is -2.14. The SMILES string of the molecule is COC(=O)c1c(N)c(C#N)cn1-c1ccc(Cl)cc1C(=O)c1ccccc1F. The Kier molecular flexibility index (Phi) is 5.16. The van der Waals surface area contributed by atoms with Crippen molar-refractivity contribution in [1.29, 1.82) is 5.26 Å². The van der Waals surface area contributed by atoms with Gasteiger partial charge in [-0.05, 0) is 30.3 Å². The molecule has 3 aromatic rings. The maximum Gasteiger partial charge on any atom is 0.357 e. The number of hydrogen-bond donors (Lipinski definition) is 1. The standard InChI is InChI=1S/C20H13ClFN3O3/c1-28-20(27)18-17(24)11(9-23)10-25(18)16-7-6-12(21)8-14(16)19(26)13-4-2-3-5-15(13)22/h2-8,10H,24H2,1H3. The van der Waals surface area contributed by atoms with Crippen LogP contribution in [0.2, 0.25) is 5.02 Å². The summed E-state index contributed by atoms with van der Waals surface area (Å²) in [5, 5.41) is 9.50. The number of anilines is 1. The molecular formula is C20H13ClFN3O3. The Morgan fingerprint density at radius 2 is 1.93 bits per heavy atom. The van der Waals surface area contributed by atoms with Crippen molar-refractivity contribution >= 4 is 29.0 Å². The van der Waals surface area contributed by atoms with Crippen molar-refractivity contribution in [1.82, 2.24) is 4.57 Å². The van der Waals surface area contributed by atoms with Crippen LogP contribution in [0.3, 0.4) is 0 Å². The molecule has 3 rings (SSSR count). The molecule has 140 valence electrons. The Morgan fingerprint density at radius 1 is 1.21 bits per heavy atom. The highest BCUT2D eigenvalue weighted by atomic mass is 35.5. The molecule has 0 spiro atoms. The summed E-state index contributed by atoms with van der Waals surface area (Å²) >= 11 is 6.05. The number of aromatic nitrogens is 1. The lowest BCUT2D eigenvalue weighted by molar-refractivity contribution is 0.0592. The highest BCUT2D eigenvalue weighted by Gasteiger charge is 2.25.